The van der Waals surface area contributed by atoms with Gasteiger partial charge in [0.15, 0.2) is 0 Å². The number of hydrogen-bond donors (Lipinski definition) is 1. The Labute approximate surface area is 130 Å². The van der Waals surface area contributed by atoms with Crippen molar-refractivity contribution in [3.8, 4) is 0 Å². The standard InChI is InChI=1S/C17H21ClN2O/c18-14-1-2-19-15(6-14)20-16(21)10-17-7-11-3-12(8-17)5-13(4-11)9-17/h1-2,6,11-13H,3-5,7-10H2,(H,19,20,21). The van der Waals surface area contributed by atoms with Crippen LogP contribution in [0.2, 0.25) is 5.02 Å². The predicted octanol–water partition coefficient (Wildman–Crippen LogP) is 4.28. The molecule has 0 unspecified atom stereocenters. The van der Waals surface area contributed by atoms with Crippen LogP contribution >= 0.6 is 11.6 Å². The van der Waals surface area contributed by atoms with Crippen molar-refractivity contribution in [3.63, 3.8) is 0 Å². The number of anilines is 1. The quantitative estimate of drug-likeness (QED) is 0.905. The molecule has 1 aromatic heterocycles. The average Bonchev–Trinajstić information content (AvgIpc) is 2.35. The van der Waals surface area contributed by atoms with Gasteiger partial charge in [0.25, 0.3) is 0 Å². The van der Waals surface area contributed by atoms with Crippen molar-refractivity contribution in [2.75, 3.05) is 5.32 Å². The molecule has 0 atom stereocenters. The molecule has 4 bridgehead atoms. The van der Waals surface area contributed by atoms with Crippen molar-refractivity contribution in [2.45, 2.75) is 44.9 Å². The molecule has 4 aliphatic carbocycles. The minimum Gasteiger partial charge on any atom is -0.311 e. The topological polar surface area (TPSA) is 42.0 Å². The summed E-state index contributed by atoms with van der Waals surface area (Å²) in [5.41, 5.74) is 0.275. The smallest absolute Gasteiger partial charge is 0.226 e. The number of carbonyl (C=O) groups excluding carboxylic acids is 1. The van der Waals surface area contributed by atoms with E-state index in [4.69, 9.17) is 11.6 Å². The van der Waals surface area contributed by atoms with E-state index >= 15 is 0 Å². The zero-order valence-electron chi connectivity index (χ0n) is 12.1. The monoisotopic (exact) mass is 304 g/mol. The summed E-state index contributed by atoms with van der Waals surface area (Å²) in [5, 5.41) is 3.53. The third-order valence-corrected chi connectivity index (χ3v) is 5.93. The molecule has 0 saturated heterocycles. The van der Waals surface area contributed by atoms with E-state index in [0.29, 0.717) is 17.3 Å². The number of amides is 1. The Bertz CT molecular complexity index is 536. The van der Waals surface area contributed by atoms with E-state index in [0.717, 1.165) is 17.8 Å². The molecule has 1 amide bonds. The first-order valence-corrected chi connectivity index (χ1v) is 8.39. The summed E-state index contributed by atoms with van der Waals surface area (Å²) in [6.45, 7) is 0. The van der Waals surface area contributed by atoms with E-state index in [2.05, 4.69) is 10.3 Å². The van der Waals surface area contributed by atoms with Gasteiger partial charge in [-0.2, -0.15) is 0 Å². The Hall–Kier alpha value is -1.09. The summed E-state index contributed by atoms with van der Waals surface area (Å²) >= 11 is 5.94. The van der Waals surface area contributed by atoms with Crippen molar-refractivity contribution in [1.29, 1.82) is 0 Å². The van der Waals surface area contributed by atoms with Crippen molar-refractivity contribution in [3.05, 3.63) is 23.4 Å². The molecule has 4 fully saturated rings. The lowest BCUT2D eigenvalue weighted by atomic mass is 9.49. The van der Waals surface area contributed by atoms with E-state index in [1.807, 2.05) is 0 Å². The van der Waals surface area contributed by atoms with Gasteiger partial charge in [0.2, 0.25) is 5.91 Å². The van der Waals surface area contributed by atoms with Crippen LogP contribution in [0.5, 0.6) is 0 Å². The van der Waals surface area contributed by atoms with Gasteiger partial charge in [-0.15, -0.1) is 0 Å². The normalized spacial score (nSPS) is 36.7. The van der Waals surface area contributed by atoms with Crippen LogP contribution in [0.4, 0.5) is 5.82 Å². The van der Waals surface area contributed by atoms with Gasteiger partial charge in [0, 0.05) is 17.6 Å². The minimum absolute atomic E-state index is 0.103. The highest BCUT2D eigenvalue weighted by Gasteiger charge is 2.51. The highest BCUT2D eigenvalue weighted by Crippen LogP contribution is 2.61. The van der Waals surface area contributed by atoms with E-state index in [9.17, 15) is 4.79 Å². The van der Waals surface area contributed by atoms with Crippen molar-refractivity contribution in [2.24, 2.45) is 23.2 Å². The van der Waals surface area contributed by atoms with Crippen LogP contribution in [0.15, 0.2) is 18.3 Å². The summed E-state index contributed by atoms with van der Waals surface area (Å²) < 4.78 is 0. The average molecular weight is 305 g/mol. The molecule has 0 spiro atoms. The second kappa shape index (κ2) is 4.98. The maximum Gasteiger partial charge on any atom is 0.226 e. The number of nitrogens with one attached hydrogen (secondary N) is 1. The van der Waals surface area contributed by atoms with Crippen LogP contribution in [0.3, 0.4) is 0 Å². The molecule has 1 N–H and O–H groups in total. The van der Waals surface area contributed by atoms with Gasteiger partial charge < -0.3 is 5.32 Å². The number of pyridine rings is 1. The molecule has 4 aliphatic rings. The fraction of sp³-hybridized carbons (Fsp3) is 0.647. The molecule has 21 heavy (non-hydrogen) atoms. The van der Waals surface area contributed by atoms with Gasteiger partial charge in [0.05, 0.1) is 0 Å². The zero-order chi connectivity index (χ0) is 14.4. The Balaban J connectivity index is 1.45. The molecule has 4 heteroatoms. The number of carbonyl (C=O) groups is 1. The number of nitrogens with zero attached hydrogens (tertiary/aromatic N) is 1. The first-order valence-electron chi connectivity index (χ1n) is 8.02. The summed E-state index contributed by atoms with van der Waals surface area (Å²) in [7, 11) is 0. The van der Waals surface area contributed by atoms with Gasteiger partial charge >= 0.3 is 0 Å². The lowest BCUT2D eigenvalue weighted by molar-refractivity contribution is -0.124. The van der Waals surface area contributed by atoms with Crippen molar-refractivity contribution >= 4 is 23.3 Å². The lowest BCUT2D eigenvalue weighted by Gasteiger charge is -2.56. The van der Waals surface area contributed by atoms with Gasteiger partial charge in [-0.1, -0.05) is 11.6 Å². The number of halogens is 1. The Morgan fingerprint density at radius 1 is 1.24 bits per heavy atom. The van der Waals surface area contributed by atoms with Gasteiger partial charge in [-0.25, -0.2) is 4.98 Å². The highest BCUT2D eigenvalue weighted by molar-refractivity contribution is 6.30. The van der Waals surface area contributed by atoms with E-state index in [-0.39, 0.29) is 11.3 Å². The summed E-state index contributed by atoms with van der Waals surface area (Å²) in [6.07, 6.45) is 10.3. The number of aromatic nitrogens is 1. The zero-order valence-corrected chi connectivity index (χ0v) is 12.9. The Morgan fingerprint density at radius 3 is 2.43 bits per heavy atom. The maximum absolute atomic E-state index is 12.4. The van der Waals surface area contributed by atoms with Crippen molar-refractivity contribution < 1.29 is 4.79 Å². The van der Waals surface area contributed by atoms with Crippen LogP contribution in [-0.4, -0.2) is 10.9 Å². The van der Waals surface area contributed by atoms with Crippen LogP contribution < -0.4 is 5.32 Å². The van der Waals surface area contributed by atoms with Crippen LogP contribution in [-0.2, 0) is 4.79 Å². The SMILES string of the molecule is O=C(CC12CC3CC(CC(C3)C1)C2)Nc1cc(Cl)ccn1. The molecule has 112 valence electrons. The van der Waals surface area contributed by atoms with Gasteiger partial charge in [-0.3, -0.25) is 4.79 Å². The minimum atomic E-state index is 0.103. The fourth-order valence-corrected chi connectivity index (χ4v) is 5.67. The van der Waals surface area contributed by atoms with E-state index < -0.39 is 0 Å². The third-order valence-electron chi connectivity index (χ3n) is 5.69. The molecule has 1 aromatic rings. The maximum atomic E-state index is 12.4. The van der Waals surface area contributed by atoms with Crippen LogP contribution in [0.25, 0.3) is 0 Å². The first kappa shape index (κ1) is 13.6. The summed E-state index contributed by atoms with van der Waals surface area (Å²) in [4.78, 5) is 16.6. The molecule has 0 aromatic carbocycles. The summed E-state index contributed by atoms with van der Waals surface area (Å²) in [6, 6.07) is 3.43. The molecule has 0 radical (unpaired) electrons. The van der Waals surface area contributed by atoms with Gasteiger partial charge in [0.1, 0.15) is 5.82 Å². The molecule has 3 nitrogen and oxygen atoms in total. The Kier molecular flexibility index (Phi) is 3.21. The van der Waals surface area contributed by atoms with E-state index in [1.165, 1.54) is 38.5 Å². The lowest BCUT2D eigenvalue weighted by Crippen LogP contribution is -2.47. The molecular formula is C17H21ClN2O. The van der Waals surface area contributed by atoms with Gasteiger partial charge in [-0.05, 0) is 73.8 Å². The number of hydrogen-bond acceptors (Lipinski definition) is 2. The molecular weight excluding hydrogens is 284 g/mol. The molecule has 5 rings (SSSR count). The largest absolute Gasteiger partial charge is 0.311 e. The highest BCUT2D eigenvalue weighted by atomic mass is 35.5. The third kappa shape index (κ3) is 2.68. The predicted molar refractivity (Wildman–Crippen MR) is 83.1 cm³/mol. The molecule has 1 heterocycles. The van der Waals surface area contributed by atoms with Crippen molar-refractivity contribution in [1.82, 2.24) is 4.98 Å². The fourth-order valence-electron chi connectivity index (χ4n) is 5.51. The first-order chi connectivity index (χ1) is 10.1. The van der Waals surface area contributed by atoms with Crippen LogP contribution in [0.1, 0.15) is 44.9 Å². The Morgan fingerprint density at radius 2 is 1.86 bits per heavy atom. The summed E-state index contributed by atoms with van der Waals surface area (Å²) in [5.74, 6) is 3.32. The molecule has 4 saturated carbocycles. The second-order valence-corrected chi connectivity index (χ2v) is 7.94. The number of rotatable bonds is 3. The molecule has 0 aliphatic heterocycles. The second-order valence-electron chi connectivity index (χ2n) is 7.50. The van der Waals surface area contributed by atoms with E-state index in [1.54, 1.807) is 18.3 Å². The van der Waals surface area contributed by atoms with Crippen LogP contribution in [0, 0.1) is 23.2 Å².